The Morgan fingerprint density at radius 1 is 1.69 bits per heavy atom. The maximum Gasteiger partial charge on any atom is 0.321 e. The molecule has 2 heterocycles. The normalized spacial score (nSPS) is 28.1. The van der Waals surface area contributed by atoms with Crippen molar-refractivity contribution in [2.24, 2.45) is 5.92 Å². The molecule has 1 fully saturated rings. The fourth-order valence-electron chi connectivity index (χ4n) is 2.49. The average molecular weight is 223 g/mol. The maximum absolute atomic E-state index is 11.2. The smallest absolute Gasteiger partial charge is 0.321 e. The number of hydrogen-bond donors (Lipinski definition) is 1. The predicted octanol–water partition coefficient (Wildman–Crippen LogP) is 2.14. The summed E-state index contributed by atoms with van der Waals surface area (Å²) < 4.78 is 5.34. The Balaban J connectivity index is 2.17. The Hall–Kier alpha value is -1.29. The van der Waals surface area contributed by atoms with Crippen molar-refractivity contribution in [3.05, 3.63) is 24.2 Å². The lowest BCUT2D eigenvalue weighted by Crippen LogP contribution is -2.40. The van der Waals surface area contributed by atoms with Crippen molar-refractivity contribution in [1.29, 1.82) is 0 Å². The largest absolute Gasteiger partial charge is 0.480 e. The van der Waals surface area contributed by atoms with E-state index in [0.29, 0.717) is 0 Å². The predicted molar refractivity (Wildman–Crippen MR) is 59.0 cm³/mol. The van der Waals surface area contributed by atoms with Crippen molar-refractivity contribution < 1.29 is 14.3 Å². The van der Waals surface area contributed by atoms with Crippen LogP contribution in [0, 0.1) is 5.92 Å². The van der Waals surface area contributed by atoms with Crippen LogP contribution in [0.4, 0.5) is 0 Å². The molecule has 0 aromatic carbocycles. The molecule has 0 saturated carbocycles. The van der Waals surface area contributed by atoms with Crippen LogP contribution in [0.2, 0.25) is 0 Å². The second-order valence-electron chi connectivity index (χ2n) is 4.48. The monoisotopic (exact) mass is 223 g/mol. The summed E-state index contributed by atoms with van der Waals surface area (Å²) in [5.74, 6) is 0.304. The minimum absolute atomic E-state index is 0.0287. The summed E-state index contributed by atoms with van der Waals surface area (Å²) in [7, 11) is 0. The number of carbonyl (C=O) groups is 1. The van der Waals surface area contributed by atoms with Crippen LogP contribution in [-0.2, 0) is 4.79 Å². The van der Waals surface area contributed by atoms with E-state index < -0.39 is 5.97 Å². The molecule has 1 aromatic rings. The van der Waals surface area contributed by atoms with E-state index in [1.807, 2.05) is 30.9 Å². The van der Waals surface area contributed by atoms with Crippen molar-refractivity contribution >= 4 is 5.97 Å². The molecule has 0 amide bonds. The van der Waals surface area contributed by atoms with E-state index in [2.05, 4.69) is 0 Å². The molecule has 2 rings (SSSR count). The molecule has 88 valence electrons. The number of carboxylic acids is 1. The van der Waals surface area contributed by atoms with Crippen LogP contribution in [0.15, 0.2) is 22.8 Å². The Morgan fingerprint density at radius 2 is 2.44 bits per heavy atom. The van der Waals surface area contributed by atoms with Crippen LogP contribution in [0.3, 0.4) is 0 Å². The molecule has 0 radical (unpaired) electrons. The lowest BCUT2D eigenvalue weighted by Gasteiger charge is -2.28. The number of aliphatic carboxylic acids is 1. The summed E-state index contributed by atoms with van der Waals surface area (Å²) in [6, 6.07) is 3.37. The molecule has 0 spiro atoms. The first-order chi connectivity index (χ1) is 7.61. The molecule has 16 heavy (non-hydrogen) atoms. The van der Waals surface area contributed by atoms with Crippen LogP contribution in [0.1, 0.15) is 32.1 Å². The first-order valence-electron chi connectivity index (χ1n) is 5.63. The molecule has 1 N–H and O–H groups in total. The zero-order valence-corrected chi connectivity index (χ0v) is 9.59. The zero-order chi connectivity index (χ0) is 11.7. The summed E-state index contributed by atoms with van der Waals surface area (Å²) in [5.41, 5.74) is 0. The van der Waals surface area contributed by atoms with Gasteiger partial charge in [-0.05, 0) is 31.4 Å². The van der Waals surface area contributed by atoms with Crippen molar-refractivity contribution in [2.75, 3.05) is 6.54 Å². The van der Waals surface area contributed by atoms with E-state index in [1.165, 1.54) is 0 Å². The van der Waals surface area contributed by atoms with Gasteiger partial charge in [-0.1, -0.05) is 6.92 Å². The third-order valence-corrected chi connectivity index (χ3v) is 3.44. The Labute approximate surface area is 94.9 Å². The quantitative estimate of drug-likeness (QED) is 0.853. The first kappa shape index (κ1) is 11.2. The third-order valence-electron chi connectivity index (χ3n) is 3.44. The molecular formula is C12H17NO3. The minimum atomic E-state index is -0.733. The molecule has 4 heteroatoms. The lowest BCUT2D eigenvalue weighted by molar-refractivity contribution is -0.144. The number of carboxylic acid groups (broad SMARTS) is 1. The fraction of sp³-hybridized carbons (Fsp3) is 0.583. The van der Waals surface area contributed by atoms with Crippen LogP contribution in [0.25, 0.3) is 0 Å². The van der Waals surface area contributed by atoms with Gasteiger partial charge in [0.15, 0.2) is 0 Å². The summed E-state index contributed by atoms with van der Waals surface area (Å²) in [6.07, 6.45) is 2.56. The summed E-state index contributed by atoms with van der Waals surface area (Å²) in [6.45, 7) is 4.81. The molecule has 1 aromatic heterocycles. The second-order valence-corrected chi connectivity index (χ2v) is 4.48. The molecule has 0 bridgehead atoms. The van der Waals surface area contributed by atoms with Gasteiger partial charge in [-0.25, -0.2) is 0 Å². The molecular weight excluding hydrogens is 206 g/mol. The number of nitrogens with zero attached hydrogens (tertiary/aromatic N) is 1. The van der Waals surface area contributed by atoms with Crippen LogP contribution in [-0.4, -0.2) is 28.6 Å². The topological polar surface area (TPSA) is 53.7 Å². The number of furan rings is 1. The highest BCUT2D eigenvalue weighted by molar-refractivity contribution is 5.74. The second kappa shape index (κ2) is 4.29. The molecule has 1 aliphatic heterocycles. The van der Waals surface area contributed by atoms with Gasteiger partial charge in [-0.3, -0.25) is 9.69 Å². The van der Waals surface area contributed by atoms with Crippen LogP contribution >= 0.6 is 0 Å². The van der Waals surface area contributed by atoms with E-state index in [1.54, 1.807) is 6.26 Å². The molecule has 1 saturated heterocycles. The highest BCUT2D eigenvalue weighted by Gasteiger charge is 2.39. The Morgan fingerprint density at radius 3 is 3.00 bits per heavy atom. The van der Waals surface area contributed by atoms with E-state index >= 15 is 0 Å². The van der Waals surface area contributed by atoms with Crippen LogP contribution < -0.4 is 0 Å². The van der Waals surface area contributed by atoms with Crippen molar-refractivity contribution in [2.45, 2.75) is 32.4 Å². The van der Waals surface area contributed by atoms with E-state index in [4.69, 9.17) is 4.42 Å². The van der Waals surface area contributed by atoms with E-state index in [9.17, 15) is 9.90 Å². The summed E-state index contributed by atoms with van der Waals surface area (Å²) >= 11 is 0. The SMILES string of the molecule is CC1CCN(C(C)c2ccco2)C1C(=O)O. The van der Waals surface area contributed by atoms with E-state index in [-0.39, 0.29) is 18.0 Å². The number of likely N-dealkylation sites (tertiary alicyclic amines) is 1. The molecule has 3 atom stereocenters. The lowest BCUT2D eigenvalue weighted by atomic mass is 10.0. The highest BCUT2D eigenvalue weighted by atomic mass is 16.4. The van der Waals surface area contributed by atoms with Crippen molar-refractivity contribution in [1.82, 2.24) is 4.90 Å². The number of hydrogen-bond acceptors (Lipinski definition) is 3. The highest BCUT2D eigenvalue weighted by Crippen LogP contribution is 2.32. The zero-order valence-electron chi connectivity index (χ0n) is 9.59. The molecule has 1 aliphatic rings. The fourth-order valence-corrected chi connectivity index (χ4v) is 2.49. The van der Waals surface area contributed by atoms with Gasteiger partial charge in [-0.15, -0.1) is 0 Å². The molecule has 0 aliphatic carbocycles. The Bertz CT molecular complexity index is 360. The van der Waals surface area contributed by atoms with Gasteiger partial charge in [0, 0.05) is 6.54 Å². The third kappa shape index (κ3) is 1.85. The standard InChI is InChI=1S/C12H17NO3/c1-8-5-6-13(11(8)12(14)15)9(2)10-4-3-7-16-10/h3-4,7-9,11H,5-6H2,1-2H3,(H,14,15). The average Bonchev–Trinajstić information content (AvgIpc) is 2.84. The first-order valence-corrected chi connectivity index (χ1v) is 5.63. The van der Waals surface area contributed by atoms with Gasteiger partial charge in [0.05, 0.1) is 12.3 Å². The molecule has 4 nitrogen and oxygen atoms in total. The van der Waals surface area contributed by atoms with Gasteiger partial charge in [0.2, 0.25) is 0 Å². The van der Waals surface area contributed by atoms with Crippen LogP contribution in [0.5, 0.6) is 0 Å². The van der Waals surface area contributed by atoms with E-state index in [0.717, 1.165) is 18.7 Å². The summed E-state index contributed by atoms with van der Waals surface area (Å²) in [4.78, 5) is 13.2. The van der Waals surface area contributed by atoms with Gasteiger partial charge in [0.1, 0.15) is 11.8 Å². The van der Waals surface area contributed by atoms with Gasteiger partial charge < -0.3 is 9.52 Å². The van der Waals surface area contributed by atoms with Gasteiger partial charge in [-0.2, -0.15) is 0 Å². The Kier molecular flexibility index (Phi) is 3.01. The molecule has 3 unspecified atom stereocenters. The van der Waals surface area contributed by atoms with Crippen molar-refractivity contribution in [3.63, 3.8) is 0 Å². The minimum Gasteiger partial charge on any atom is -0.480 e. The van der Waals surface area contributed by atoms with Gasteiger partial charge in [0.25, 0.3) is 0 Å². The van der Waals surface area contributed by atoms with Gasteiger partial charge >= 0.3 is 5.97 Å². The maximum atomic E-state index is 11.2. The van der Waals surface area contributed by atoms with Crippen molar-refractivity contribution in [3.8, 4) is 0 Å². The number of rotatable bonds is 3. The summed E-state index contributed by atoms with van der Waals surface area (Å²) in [5, 5.41) is 9.23.